The summed E-state index contributed by atoms with van der Waals surface area (Å²) in [6.45, 7) is 6.46. The Bertz CT molecular complexity index is 2250. The molecule has 2 heterocycles. The summed E-state index contributed by atoms with van der Waals surface area (Å²) in [7, 11) is 2.17. The molecule has 0 aliphatic carbocycles. The van der Waals surface area contributed by atoms with Crippen LogP contribution in [0.5, 0.6) is 0 Å². The van der Waals surface area contributed by atoms with Crippen molar-refractivity contribution in [2.24, 2.45) is 10.2 Å². The molecular formula is C40H35N6+3. The first-order valence-electron chi connectivity index (χ1n) is 15.7. The number of azo groups is 4. The highest BCUT2D eigenvalue weighted by Crippen LogP contribution is 2.52. The zero-order chi connectivity index (χ0) is 31.4. The first kappa shape index (κ1) is 27.8. The maximum absolute atomic E-state index is 5.56. The van der Waals surface area contributed by atoms with Crippen molar-refractivity contribution >= 4 is 51.1 Å². The molecule has 0 radical (unpaired) electrons. The van der Waals surface area contributed by atoms with Crippen molar-refractivity contribution in [1.29, 1.82) is 0 Å². The maximum Gasteiger partial charge on any atom is 0.707 e. The fourth-order valence-electron chi connectivity index (χ4n) is 7.00. The molecule has 1 spiro atoms. The third-order valence-electron chi connectivity index (χ3n) is 9.04. The molecule has 0 fully saturated rings. The fraction of sp³-hybridized carbons (Fsp3) is 0.125. The Kier molecular flexibility index (Phi) is 6.46. The van der Waals surface area contributed by atoms with Crippen LogP contribution >= 0.6 is 0 Å². The lowest BCUT2D eigenvalue weighted by Crippen LogP contribution is -2.68. The molecule has 1 atom stereocenters. The van der Waals surface area contributed by atoms with Crippen molar-refractivity contribution in [3.8, 4) is 0 Å². The monoisotopic (exact) mass is 599 g/mol. The van der Waals surface area contributed by atoms with Crippen molar-refractivity contribution < 1.29 is 14.0 Å². The standard InChI is InChI=1S/C40H35N6/c1-28-23-30(3)39-36(24-28)42-46(37-22-14-11-15-29(37)2)40(43(39)4)44(27-31-16-7-5-8-17-31)38-26-33-19-13-12-18-32(33)25-35(38)41-45(40)34-20-9-6-10-21-34/h5-27H,1-4H3/q+3/b44-27+. The van der Waals surface area contributed by atoms with E-state index in [4.69, 9.17) is 10.2 Å². The van der Waals surface area contributed by atoms with Crippen LogP contribution in [0.1, 0.15) is 22.3 Å². The number of aryl methyl sites for hydroxylation is 3. The molecule has 2 aliphatic heterocycles. The minimum atomic E-state index is -1.11. The van der Waals surface area contributed by atoms with Gasteiger partial charge in [0.2, 0.25) is 11.4 Å². The van der Waals surface area contributed by atoms with Gasteiger partial charge >= 0.3 is 5.91 Å². The predicted octanol–water partition coefficient (Wildman–Crippen LogP) is 10.2. The van der Waals surface area contributed by atoms with Crippen molar-refractivity contribution in [2.45, 2.75) is 26.7 Å². The van der Waals surface area contributed by atoms with Crippen LogP contribution in [-0.4, -0.2) is 33.1 Å². The summed E-state index contributed by atoms with van der Waals surface area (Å²) < 4.78 is 6.67. The molecule has 6 aromatic rings. The largest absolute Gasteiger partial charge is 0.707 e. The Hall–Kier alpha value is -5.75. The Labute approximate surface area is 269 Å². The number of rotatable bonds is 3. The number of benzene rings is 6. The van der Waals surface area contributed by atoms with Crippen LogP contribution in [0.25, 0.3) is 10.8 Å². The van der Waals surface area contributed by atoms with Gasteiger partial charge in [0.1, 0.15) is 0 Å². The predicted molar refractivity (Wildman–Crippen MR) is 184 cm³/mol. The van der Waals surface area contributed by atoms with Gasteiger partial charge < -0.3 is 0 Å². The molecule has 2 aliphatic rings. The zero-order valence-corrected chi connectivity index (χ0v) is 26.5. The number of hydrogen-bond donors (Lipinski definition) is 0. The van der Waals surface area contributed by atoms with Crippen LogP contribution in [0.2, 0.25) is 0 Å². The first-order chi connectivity index (χ1) is 22.4. The quantitative estimate of drug-likeness (QED) is 0.187. The van der Waals surface area contributed by atoms with E-state index < -0.39 is 5.91 Å². The van der Waals surface area contributed by atoms with E-state index in [0.29, 0.717) is 0 Å². The van der Waals surface area contributed by atoms with Gasteiger partial charge in [-0.15, -0.1) is 0 Å². The van der Waals surface area contributed by atoms with Crippen molar-refractivity contribution in [3.63, 3.8) is 0 Å². The molecule has 0 saturated carbocycles. The Balaban J connectivity index is 1.59. The molecule has 0 amide bonds. The summed E-state index contributed by atoms with van der Waals surface area (Å²) in [4.78, 5) is 2.35. The third kappa shape index (κ3) is 4.21. The van der Waals surface area contributed by atoms with Gasteiger partial charge in [0.25, 0.3) is 11.4 Å². The second-order valence-electron chi connectivity index (χ2n) is 12.2. The lowest BCUT2D eigenvalue weighted by Gasteiger charge is -2.33. The van der Waals surface area contributed by atoms with Gasteiger partial charge in [-0.2, -0.15) is 4.90 Å². The van der Waals surface area contributed by atoms with Crippen LogP contribution in [-0.2, 0) is 0 Å². The fourth-order valence-corrected chi connectivity index (χ4v) is 7.00. The average Bonchev–Trinajstić information content (AvgIpc) is 3.07. The van der Waals surface area contributed by atoms with E-state index in [1.54, 1.807) is 0 Å². The highest BCUT2D eigenvalue weighted by Gasteiger charge is 2.77. The first-order valence-corrected chi connectivity index (χ1v) is 15.7. The van der Waals surface area contributed by atoms with Crippen molar-refractivity contribution in [1.82, 2.24) is 0 Å². The normalized spacial score (nSPS) is 17.9. The van der Waals surface area contributed by atoms with Gasteiger partial charge in [0.15, 0.2) is 11.9 Å². The highest BCUT2D eigenvalue weighted by molar-refractivity contribution is 5.90. The van der Waals surface area contributed by atoms with Gasteiger partial charge in [-0.1, -0.05) is 84.9 Å². The van der Waals surface area contributed by atoms with Crippen molar-refractivity contribution in [3.05, 3.63) is 156 Å². The minimum Gasteiger partial charge on any atom is -0.183 e. The number of para-hydroxylation sites is 2. The van der Waals surface area contributed by atoms with Gasteiger partial charge in [-0.05, 0) is 71.5 Å². The summed E-state index contributed by atoms with van der Waals surface area (Å²) in [5, 5.41) is 13.4. The summed E-state index contributed by atoms with van der Waals surface area (Å²) in [5.41, 5.74) is 10.3. The van der Waals surface area contributed by atoms with E-state index >= 15 is 0 Å². The van der Waals surface area contributed by atoms with Gasteiger partial charge in [-0.25, -0.2) is 0 Å². The number of fused-ring (bicyclic) bond motifs is 3. The molecule has 1 unspecified atom stereocenters. The molecule has 0 saturated heterocycles. The van der Waals surface area contributed by atoms with Gasteiger partial charge in [0.05, 0.1) is 15.1 Å². The molecule has 8 rings (SSSR count). The SMILES string of the molecule is Cc1cc(C)c2c(c1)N=[N+](c1ccccc1C)C1(N2C)[N+](c2ccccc2)=Nc2cc3ccccc3cc2/[N+]1=C\c1ccccc1. The van der Waals surface area contributed by atoms with E-state index in [9.17, 15) is 0 Å². The Morgan fingerprint density at radius 1 is 0.587 bits per heavy atom. The van der Waals surface area contributed by atoms with Crippen LogP contribution in [0.15, 0.2) is 144 Å². The van der Waals surface area contributed by atoms with Crippen LogP contribution < -0.4 is 4.90 Å². The molecule has 6 nitrogen and oxygen atoms in total. The number of anilines is 1. The van der Waals surface area contributed by atoms with E-state index in [1.165, 1.54) is 5.56 Å². The Morgan fingerprint density at radius 3 is 1.96 bits per heavy atom. The second kappa shape index (κ2) is 10.7. The van der Waals surface area contributed by atoms with Gasteiger partial charge in [0, 0.05) is 52.7 Å². The van der Waals surface area contributed by atoms with Crippen LogP contribution in [0.4, 0.5) is 34.1 Å². The summed E-state index contributed by atoms with van der Waals surface area (Å²) >= 11 is 0. The lowest BCUT2D eigenvalue weighted by atomic mass is 10.0. The smallest absolute Gasteiger partial charge is 0.183 e. The van der Waals surface area contributed by atoms with E-state index in [-0.39, 0.29) is 0 Å². The third-order valence-corrected chi connectivity index (χ3v) is 9.04. The lowest BCUT2D eigenvalue weighted by molar-refractivity contribution is -0.973. The van der Waals surface area contributed by atoms with Crippen LogP contribution in [0, 0.1) is 20.8 Å². The molecule has 0 N–H and O–H groups in total. The average molecular weight is 600 g/mol. The highest BCUT2D eigenvalue weighted by atomic mass is 15.7. The molecule has 6 heteroatoms. The minimum absolute atomic E-state index is 0.880. The van der Waals surface area contributed by atoms with Gasteiger partial charge in [-0.3, -0.25) is 0 Å². The summed E-state index contributed by atoms with van der Waals surface area (Å²) in [5.74, 6) is -1.11. The Morgan fingerprint density at radius 2 is 1.22 bits per heavy atom. The second-order valence-corrected chi connectivity index (χ2v) is 12.2. The van der Waals surface area contributed by atoms with Crippen molar-refractivity contribution in [2.75, 3.05) is 11.9 Å². The number of nitrogens with zero attached hydrogens (tertiary/aromatic N) is 6. The summed E-state index contributed by atoms with van der Waals surface area (Å²) in [6.07, 6.45) is 2.24. The van der Waals surface area contributed by atoms with E-state index in [2.05, 4.69) is 180 Å². The molecule has 6 aromatic carbocycles. The molecular weight excluding hydrogens is 564 g/mol. The molecule has 46 heavy (non-hydrogen) atoms. The molecule has 0 bridgehead atoms. The topological polar surface area (TPSA) is 37.0 Å². The molecule has 0 aromatic heterocycles. The van der Waals surface area contributed by atoms with E-state index in [0.717, 1.165) is 61.6 Å². The number of hydrogen-bond acceptors (Lipinski definition) is 3. The van der Waals surface area contributed by atoms with E-state index in [1.807, 2.05) is 6.07 Å². The summed E-state index contributed by atoms with van der Waals surface area (Å²) in [6, 6.07) is 46.8. The van der Waals surface area contributed by atoms with Crippen LogP contribution in [0.3, 0.4) is 0 Å². The maximum atomic E-state index is 5.56. The molecule has 222 valence electrons. The zero-order valence-electron chi connectivity index (χ0n) is 26.5.